The SMILES string of the molecule is COC(=O)NC1CCN(C(=O)NC2CCCC2)CC1. The summed E-state index contributed by atoms with van der Waals surface area (Å²) in [4.78, 5) is 25.0. The van der Waals surface area contributed by atoms with E-state index in [0.717, 1.165) is 25.7 Å². The Morgan fingerprint density at radius 2 is 1.58 bits per heavy atom. The number of amides is 3. The second kappa shape index (κ2) is 6.63. The number of urea groups is 1. The molecule has 0 unspecified atom stereocenters. The monoisotopic (exact) mass is 269 g/mol. The van der Waals surface area contributed by atoms with E-state index >= 15 is 0 Å². The Kier molecular flexibility index (Phi) is 4.87. The van der Waals surface area contributed by atoms with Gasteiger partial charge in [-0.25, -0.2) is 9.59 Å². The fourth-order valence-corrected chi connectivity index (χ4v) is 2.79. The molecule has 2 fully saturated rings. The van der Waals surface area contributed by atoms with E-state index in [0.29, 0.717) is 19.1 Å². The summed E-state index contributed by atoms with van der Waals surface area (Å²) in [5.74, 6) is 0. The van der Waals surface area contributed by atoms with Gasteiger partial charge in [-0.15, -0.1) is 0 Å². The highest BCUT2D eigenvalue weighted by molar-refractivity contribution is 5.74. The number of nitrogens with zero attached hydrogens (tertiary/aromatic N) is 1. The standard InChI is InChI=1S/C13H23N3O3/c1-19-13(18)15-11-6-8-16(9-7-11)12(17)14-10-4-2-3-5-10/h10-11H,2-9H2,1H3,(H,14,17)(H,15,18). The summed E-state index contributed by atoms with van der Waals surface area (Å²) in [6.45, 7) is 1.38. The zero-order valence-corrected chi connectivity index (χ0v) is 11.5. The van der Waals surface area contributed by atoms with E-state index in [-0.39, 0.29) is 12.1 Å². The van der Waals surface area contributed by atoms with Crippen LogP contribution in [0.1, 0.15) is 38.5 Å². The molecule has 1 saturated carbocycles. The van der Waals surface area contributed by atoms with Gasteiger partial charge in [0.15, 0.2) is 0 Å². The van der Waals surface area contributed by atoms with Crippen molar-refractivity contribution in [1.82, 2.24) is 15.5 Å². The molecule has 1 heterocycles. The van der Waals surface area contributed by atoms with Crippen molar-refractivity contribution in [3.05, 3.63) is 0 Å². The van der Waals surface area contributed by atoms with E-state index in [1.54, 1.807) is 0 Å². The van der Waals surface area contributed by atoms with Gasteiger partial charge in [0, 0.05) is 25.2 Å². The largest absolute Gasteiger partial charge is 0.453 e. The maximum atomic E-state index is 12.0. The smallest absolute Gasteiger partial charge is 0.407 e. The van der Waals surface area contributed by atoms with Crippen LogP contribution < -0.4 is 10.6 Å². The number of hydrogen-bond acceptors (Lipinski definition) is 3. The number of hydrogen-bond donors (Lipinski definition) is 2. The van der Waals surface area contributed by atoms with Crippen molar-refractivity contribution >= 4 is 12.1 Å². The molecule has 19 heavy (non-hydrogen) atoms. The van der Waals surface area contributed by atoms with Gasteiger partial charge in [-0.3, -0.25) is 0 Å². The Bertz CT molecular complexity index is 321. The summed E-state index contributed by atoms with van der Waals surface area (Å²) in [5, 5.41) is 5.87. The molecule has 0 bridgehead atoms. The number of nitrogens with one attached hydrogen (secondary N) is 2. The van der Waals surface area contributed by atoms with Crippen LogP contribution in [0.5, 0.6) is 0 Å². The summed E-state index contributed by atoms with van der Waals surface area (Å²) in [5.41, 5.74) is 0. The highest BCUT2D eigenvalue weighted by Gasteiger charge is 2.26. The molecule has 108 valence electrons. The predicted molar refractivity (Wildman–Crippen MR) is 70.9 cm³/mol. The van der Waals surface area contributed by atoms with E-state index < -0.39 is 6.09 Å². The molecule has 0 radical (unpaired) electrons. The molecule has 6 heteroatoms. The quantitative estimate of drug-likeness (QED) is 0.797. The Morgan fingerprint density at radius 1 is 1.00 bits per heavy atom. The zero-order valence-electron chi connectivity index (χ0n) is 11.5. The fraction of sp³-hybridized carbons (Fsp3) is 0.846. The first-order valence-electron chi connectivity index (χ1n) is 7.09. The highest BCUT2D eigenvalue weighted by atomic mass is 16.5. The number of rotatable bonds is 2. The van der Waals surface area contributed by atoms with Gasteiger partial charge in [0.1, 0.15) is 0 Å². The molecule has 1 aliphatic heterocycles. The molecule has 0 aromatic heterocycles. The van der Waals surface area contributed by atoms with Crippen LogP contribution in [0.15, 0.2) is 0 Å². The number of carbonyl (C=O) groups excluding carboxylic acids is 2. The van der Waals surface area contributed by atoms with Crippen LogP contribution in [-0.2, 0) is 4.74 Å². The molecule has 0 aromatic carbocycles. The lowest BCUT2D eigenvalue weighted by Crippen LogP contribution is -2.51. The molecule has 0 spiro atoms. The molecule has 1 aliphatic carbocycles. The van der Waals surface area contributed by atoms with Crippen molar-refractivity contribution in [2.75, 3.05) is 20.2 Å². The van der Waals surface area contributed by atoms with Gasteiger partial charge in [0.05, 0.1) is 7.11 Å². The topological polar surface area (TPSA) is 70.7 Å². The Balaban J connectivity index is 1.70. The third-order valence-corrected chi connectivity index (χ3v) is 3.97. The molecular formula is C13H23N3O3. The number of methoxy groups -OCH3 is 1. The Morgan fingerprint density at radius 3 is 2.16 bits per heavy atom. The number of likely N-dealkylation sites (tertiary alicyclic amines) is 1. The number of piperidine rings is 1. The van der Waals surface area contributed by atoms with Crippen LogP contribution in [-0.4, -0.2) is 49.3 Å². The second-order valence-corrected chi connectivity index (χ2v) is 5.33. The first kappa shape index (κ1) is 14.0. The maximum Gasteiger partial charge on any atom is 0.407 e. The summed E-state index contributed by atoms with van der Waals surface area (Å²) in [6, 6.07) is 0.518. The first-order chi connectivity index (χ1) is 9.19. The van der Waals surface area contributed by atoms with Crippen LogP contribution in [0.25, 0.3) is 0 Å². The number of carbonyl (C=O) groups is 2. The average molecular weight is 269 g/mol. The molecule has 0 atom stereocenters. The van der Waals surface area contributed by atoms with E-state index in [1.807, 2.05) is 4.90 Å². The fourth-order valence-electron chi connectivity index (χ4n) is 2.79. The molecule has 3 amide bonds. The predicted octanol–water partition coefficient (Wildman–Crippen LogP) is 1.46. The minimum atomic E-state index is -0.395. The van der Waals surface area contributed by atoms with Crippen molar-refractivity contribution in [3.8, 4) is 0 Å². The molecule has 2 rings (SSSR count). The lowest BCUT2D eigenvalue weighted by atomic mass is 10.1. The van der Waals surface area contributed by atoms with Gasteiger partial charge in [0.25, 0.3) is 0 Å². The summed E-state index contributed by atoms with van der Waals surface area (Å²) in [7, 11) is 1.36. The van der Waals surface area contributed by atoms with Gasteiger partial charge in [-0.2, -0.15) is 0 Å². The Hall–Kier alpha value is -1.46. The summed E-state index contributed by atoms with van der Waals surface area (Å²) in [6.07, 6.45) is 5.82. The zero-order chi connectivity index (χ0) is 13.7. The third-order valence-electron chi connectivity index (χ3n) is 3.97. The van der Waals surface area contributed by atoms with Crippen LogP contribution in [0.4, 0.5) is 9.59 Å². The molecular weight excluding hydrogens is 246 g/mol. The van der Waals surface area contributed by atoms with Gasteiger partial charge in [0.2, 0.25) is 0 Å². The van der Waals surface area contributed by atoms with E-state index in [1.165, 1.54) is 20.0 Å². The first-order valence-corrected chi connectivity index (χ1v) is 7.09. The number of alkyl carbamates (subject to hydrolysis) is 1. The number of ether oxygens (including phenoxy) is 1. The lowest BCUT2D eigenvalue weighted by molar-refractivity contribution is 0.152. The summed E-state index contributed by atoms with van der Waals surface area (Å²) >= 11 is 0. The van der Waals surface area contributed by atoms with Gasteiger partial charge in [-0.05, 0) is 25.7 Å². The van der Waals surface area contributed by atoms with E-state index in [4.69, 9.17) is 0 Å². The van der Waals surface area contributed by atoms with Crippen molar-refractivity contribution < 1.29 is 14.3 Å². The minimum absolute atomic E-state index is 0.0448. The highest BCUT2D eigenvalue weighted by Crippen LogP contribution is 2.18. The van der Waals surface area contributed by atoms with Crippen molar-refractivity contribution in [1.29, 1.82) is 0 Å². The molecule has 0 aromatic rings. The normalized spacial score (nSPS) is 21.2. The molecule has 6 nitrogen and oxygen atoms in total. The molecule has 1 saturated heterocycles. The minimum Gasteiger partial charge on any atom is -0.453 e. The second-order valence-electron chi connectivity index (χ2n) is 5.33. The molecule has 2 N–H and O–H groups in total. The Labute approximate surface area is 113 Å². The van der Waals surface area contributed by atoms with Gasteiger partial charge in [-0.1, -0.05) is 12.8 Å². The third kappa shape index (κ3) is 4.01. The van der Waals surface area contributed by atoms with Crippen LogP contribution in [0.3, 0.4) is 0 Å². The van der Waals surface area contributed by atoms with Gasteiger partial charge < -0.3 is 20.3 Å². The maximum absolute atomic E-state index is 12.0. The average Bonchev–Trinajstić information content (AvgIpc) is 2.92. The van der Waals surface area contributed by atoms with Crippen LogP contribution in [0, 0.1) is 0 Å². The van der Waals surface area contributed by atoms with Crippen LogP contribution >= 0.6 is 0 Å². The van der Waals surface area contributed by atoms with E-state index in [9.17, 15) is 9.59 Å². The summed E-state index contributed by atoms with van der Waals surface area (Å²) < 4.78 is 4.57. The van der Waals surface area contributed by atoms with Crippen molar-refractivity contribution in [3.63, 3.8) is 0 Å². The van der Waals surface area contributed by atoms with Gasteiger partial charge >= 0.3 is 12.1 Å². The van der Waals surface area contributed by atoms with Crippen LogP contribution in [0.2, 0.25) is 0 Å². The van der Waals surface area contributed by atoms with Crippen molar-refractivity contribution in [2.45, 2.75) is 50.6 Å². The lowest BCUT2D eigenvalue weighted by Gasteiger charge is -2.32. The van der Waals surface area contributed by atoms with Crippen molar-refractivity contribution in [2.24, 2.45) is 0 Å². The van der Waals surface area contributed by atoms with E-state index in [2.05, 4.69) is 15.4 Å². The molecule has 2 aliphatic rings.